The van der Waals surface area contributed by atoms with Crippen LogP contribution in [0.2, 0.25) is 0 Å². The molecule has 1 heterocycles. The minimum Gasteiger partial charge on any atom is -0.311 e. The van der Waals surface area contributed by atoms with Crippen molar-refractivity contribution in [3.8, 4) is 0 Å². The highest BCUT2D eigenvalue weighted by atomic mass is 19.4. The summed E-state index contributed by atoms with van der Waals surface area (Å²) in [6.45, 7) is 2.01. The Kier molecular flexibility index (Phi) is 4.02. The molecular weight excluding hydrogens is 207 g/mol. The lowest BCUT2D eigenvalue weighted by molar-refractivity contribution is -0.133. The van der Waals surface area contributed by atoms with Crippen LogP contribution in [0.25, 0.3) is 0 Å². The van der Waals surface area contributed by atoms with Gasteiger partial charge >= 0.3 is 6.18 Å². The molecule has 1 rings (SSSR count). The zero-order valence-corrected chi connectivity index (χ0v) is 8.30. The predicted molar refractivity (Wildman–Crippen MR) is 49.1 cm³/mol. The molecule has 84 valence electrons. The second kappa shape index (κ2) is 5.06. The summed E-state index contributed by atoms with van der Waals surface area (Å²) in [5.41, 5.74) is 1.43. The zero-order valence-electron chi connectivity index (χ0n) is 8.30. The van der Waals surface area contributed by atoms with E-state index in [0.717, 1.165) is 5.69 Å². The van der Waals surface area contributed by atoms with Gasteiger partial charge in [-0.25, -0.2) is 0 Å². The van der Waals surface area contributed by atoms with Crippen molar-refractivity contribution in [2.75, 3.05) is 6.54 Å². The van der Waals surface area contributed by atoms with Gasteiger partial charge in [0.05, 0.1) is 17.8 Å². The summed E-state index contributed by atoms with van der Waals surface area (Å²) in [4.78, 5) is 7.99. The van der Waals surface area contributed by atoms with Gasteiger partial charge in [0.25, 0.3) is 0 Å². The van der Waals surface area contributed by atoms with Crippen molar-refractivity contribution >= 4 is 0 Å². The molecule has 1 aromatic rings. The van der Waals surface area contributed by atoms with Crippen molar-refractivity contribution in [2.24, 2.45) is 0 Å². The van der Waals surface area contributed by atoms with Crippen molar-refractivity contribution < 1.29 is 13.2 Å². The fraction of sp³-hybridized carbons (Fsp3) is 0.556. The van der Waals surface area contributed by atoms with Gasteiger partial charge in [0.2, 0.25) is 0 Å². The van der Waals surface area contributed by atoms with Crippen molar-refractivity contribution in [1.29, 1.82) is 0 Å². The number of hydrogen-bond acceptors (Lipinski definition) is 3. The van der Waals surface area contributed by atoms with Crippen LogP contribution in [0.15, 0.2) is 12.4 Å². The summed E-state index contributed by atoms with van der Waals surface area (Å²) in [5.74, 6) is 0. The fourth-order valence-electron chi connectivity index (χ4n) is 0.957. The maximum atomic E-state index is 11.8. The van der Waals surface area contributed by atoms with E-state index in [1.54, 1.807) is 19.3 Å². The fourth-order valence-corrected chi connectivity index (χ4v) is 0.957. The lowest BCUT2D eigenvalue weighted by atomic mass is 10.4. The Hall–Kier alpha value is -1.17. The maximum Gasteiger partial charge on any atom is 0.390 e. The first-order valence-electron chi connectivity index (χ1n) is 4.52. The average Bonchev–Trinajstić information content (AvgIpc) is 2.14. The average molecular weight is 219 g/mol. The number of nitrogens with zero attached hydrogens (tertiary/aromatic N) is 2. The van der Waals surface area contributed by atoms with Gasteiger partial charge in [0, 0.05) is 25.5 Å². The van der Waals surface area contributed by atoms with Crippen LogP contribution in [-0.4, -0.2) is 22.7 Å². The van der Waals surface area contributed by atoms with Gasteiger partial charge in [-0.05, 0) is 6.92 Å². The lowest BCUT2D eigenvalue weighted by Crippen LogP contribution is -2.21. The molecule has 0 bridgehead atoms. The van der Waals surface area contributed by atoms with E-state index < -0.39 is 12.6 Å². The maximum absolute atomic E-state index is 11.8. The Labute approximate surface area is 85.7 Å². The minimum absolute atomic E-state index is 0.0982. The van der Waals surface area contributed by atoms with Gasteiger partial charge in [0.1, 0.15) is 0 Å². The van der Waals surface area contributed by atoms with Crippen molar-refractivity contribution in [2.45, 2.75) is 26.1 Å². The molecule has 0 aliphatic heterocycles. The van der Waals surface area contributed by atoms with Crippen LogP contribution in [0.1, 0.15) is 17.8 Å². The number of hydrogen-bond donors (Lipinski definition) is 1. The summed E-state index contributed by atoms with van der Waals surface area (Å²) < 4.78 is 35.3. The van der Waals surface area contributed by atoms with Crippen LogP contribution in [0, 0.1) is 6.92 Å². The molecule has 3 nitrogen and oxygen atoms in total. The highest BCUT2D eigenvalue weighted by Crippen LogP contribution is 2.18. The summed E-state index contributed by atoms with van der Waals surface area (Å²) in [6, 6.07) is 0. The molecule has 0 radical (unpaired) electrons. The number of aryl methyl sites for hydroxylation is 1. The quantitative estimate of drug-likeness (QED) is 0.785. The third kappa shape index (κ3) is 5.31. The van der Waals surface area contributed by atoms with Crippen LogP contribution in [-0.2, 0) is 6.54 Å². The molecule has 0 spiro atoms. The van der Waals surface area contributed by atoms with Crippen molar-refractivity contribution in [3.05, 3.63) is 23.8 Å². The first-order chi connectivity index (χ1) is 6.97. The molecule has 15 heavy (non-hydrogen) atoms. The molecule has 0 amide bonds. The van der Waals surface area contributed by atoms with E-state index in [1.807, 2.05) is 0 Å². The Morgan fingerprint density at radius 1 is 1.27 bits per heavy atom. The molecule has 0 fully saturated rings. The normalized spacial score (nSPS) is 11.7. The van der Waals surface area contributed by atoms with Gasteiger partial charge in [-0.3, -0.25) is 9.97 Å². The number of rotatable bonds is 4. The molecule has 0 atom stereocenters. The second-order valence-corrected chi connectivity index (χ2v) is 3.19. The second-order valence-electron chi connectivity index (χ2n) is 3.19. The van der Waals surface area contributed by atoms with Crippen LogP contribution in [0.4, 0.5) is 13.2 Å². The third-order valence-corrected chi connectivity index (χ3v) is 1.73. The number of alkyl halides is 3. The molecule has 6 heteroatoms. The van der Waals surface area contributed by atoms with Crippen molar-refractivity contribution in [1.82, 2.24) is 15.3 Å². The summed E-state index contributed by atoms with van der Waals surface area (Å²) >= 11 is 0. The zero-order chi connectivity index (χ0) is 11.3. The first kappa shape index (κ1) is 11.9. The third-order valence-electron chi connectivity index (χ3n) is 1.73. The molecule has 1 N–H and O–H groups in total. The van der Waals surface area contributed by atoms with Crippen LogP contribution < -0.4 is 5.32 Å². The Balaban J connectivity index is 2.23. The molecular formula is C9H12F3N3. The number of nitrogens with one attached hydrogen (secondary N) is 1. The largest absolute Gasteiger partial charge is 0.390 e. The number of aromatic nitrogens is 2. The summed E-state index contributed by atoms with van der Waals surface area (Å²) in [5, 5.41) is 2.66. The summed E-state index contributed by atoms with van der Waals surface area (Å²) in [7, 11) is 0. The predicted octanol–water partition coefficient (Wildman–Crippen LogP) is 1.83. The molecule has 0 aromatic carbocycles. The van der Waals surface area contributed by atoms with E-state index in [1.165, 1.54) is 0 Å². The smallest absolute Gasteiger partial charge is 0.311 e. The molecule has 0 saturated carbocycles. The lowest BCUT2D eigenvalue weighted by Gasteiger charge is -2.07. The van der Waals surface area contributed by atoms with Gasteiger partial charge in [-0.15, -0.1) is 0 Å². The highest BCUT2D eigenvalue weighted by molar-refractivity contribution is 4.99. The molecule has 0 unspecified atom stereocenters. The van der Waals surface area contributed by atoms with Gasteiger partial charge < -0.3 is 5.32 Å². The molecule has 0 saturated heterocycles. The highest BCUT2D eigenvalue weighted by Gasteiger charge is 2.25. The van der Waals surface area contributed by atoms with Crippen LogP contribution in [0.5, 0.6) is 0 Å². The minimum atomic E-state index is -4.11. The van der Waals surface area contributed by atoms with E-state index in [-0.39, 0.29) is 6.54 Å². The van der Waals surface area contributed by atoms with E-state index in [4.69, 9.17) is 0 Å². The molecule has 0 aliphatic carbocycles. The van der Waals surface area contributed by atoms with Gasteiger partial charge in [-0.2, -0.15) is 13.2 Å². The van der Waals surface area contributed by atoms with Crippen LogP contribution in [0.3, 0.4) is 0 Å². The molecule has 0 aliphatic rings. The van der Waals surface area contributed by atoms with E-state index in [9.17, 15) is 13.2 Å². The Morgan fingerprint density at radius 2 is 2.00 bits per heavy atom. The first-order valence-corrected chi connectivity index (χ1v) is 4.52. The SMILES string of the molecule is Cc1cnc(CNCCC(F)(F)F)cn1. The van der Waals surface area contributed by atoms with Crippen molar-refractivity contribution in [3.63, 3.8) is 0 Å². The number of halogens is 3. The van der Waals surface area contributed by atoms with E-state index >= 15 is 0 Å². The Morgan fingerprint density at radius 3 is 2.53 bits per heavy atom. The Bertz CT molecular complexity index is 294. The van der Waals surface area contributed by atoms with E-state index in [2.05, 4.69) is 15.3 Å². The topological polar surface area (TPSA) is 37.8 Å². The van der Waals surface area contributed by atoms with Gasteiger partial charge in [0.15, 0.2) is 0 Å². The van der Waals surface area contributed by atoms with Gasteiger partial charge in [-0.1, -0.05) is 0 Å². The van der Waals surface area contributed by atoms with Crippen LogP contribution >= 0.6 is 0 Å². The van der Waals surface area contributed by atoms with E-state index in [0.29, 0.717) is 12.2 Å². The standard InChI is InChI=1S/C9H12F3N3/c1-7-4-15-8(6-14-7)5-13-3-2-9(10,11)12/h4,6,13H,2-3,5H2,1H3. The summed E-state index contributed by atoms with van der Waals surface area (Å²) in [6.07, 6.45) is -1.80. The monoisotopic (exact) mass is 219 g/mol. The molecule has 1 aromatic heterocycles.